The Morgan fingerprint density at radius 3 is 2.42 bits per heavy atom. The molecule has 1 rings (SSSR count). The first-order valence-corrected chi connectivity index (χ1v) is 6.17. The molecule has 0 amide bonds. The molecule has 1 unspecified atom stereocenters. The van der Waals surface area contributed by atoms with Gasteiger partial charge in [0.05, 0.1) is 4.83 Å². The summed E-state index contributed by atoms with van der Waals surface area (Å²) >= 11 is 7.11. The van der Waals surface area contributed by atoms with Crippen LogP contribution in [-0.4, -0.2) is 21.0 Å². The fraction of sp³-hybridized carbons (Fsp3) is 1.00. The van der Waals surface area contributed by atoms with E-state index in [0.29, 0.717) is 4.83 Å². The molecule has 0 aromatic rings. The molecular weight excluding hydrogens is 288 g/mol. The van der Waals surface area contributed by atoms with Crippen molar-refractivity contribution >= 4 is 31.9 Å². The van der Waals surface area contributed by atoms with Crippen LogP contribution in [0.15, 0.2) is 0 Å². The monoisotopic (exact) mass is 300 g/mol. The maximum atomic E-state index is 8.65. The van der Waals surface area contributed by atoms with Gasteiger partial charge < -0.3 is 0 Å². The van der Waals surface area contributed by atoms with Gasteiger partial charge in [0.1, 0.15) is 6.10 Å². The largest absolute Gasteiger partial charge is 0.251 e. The lowest BCUT2D eigenvalue weighted by molar-refractivity contribution is -0.279. The van der Waals surface area contributed by atoms with E-state index in [0.717, 1.165) is 19.3 Å². The van der Waals surface area contributed by atoms with Crippen molar-refractivity contribution in [1.29, 1.82) is 0 Å². The van der Waals surface area contributed by atoms with Crippen molar-refractivity contribution in [1.82, 2.24) is 0 Å². The van der Waals surface area contributed by atoms with Crippen molar-refractivity contribution < 1.29 is 10.1 Å². The smallest absolute Gasteiger partial charge is 0.106 e. The fourth-order valence-corrected chi connectivity index (χ4v) is 2.81. The Kier molecular flexibility index (Phi) is 5.09. The summed E-state index contributed by atoms with van der Waals surface area (Å²) in [5.74, 6) is 0. The molecule has 1 aliphatic carbocycles. The highest BCUT2D eigenvalue weighted by Gasteiger charge is 2.27. The molecule has 4 heteroatoms. The van der Waals surface area contributed by atoms with Crippen LogP contribution < -0.4 is 0 Å². The lowest BCUT2D eigenvalue weighted by Gasteiger charge is -2.26. The summed E-state index contributed by atoms with van der Waals surface area (Å²) < 4.78 is 0. The summed E-state index contributed by atoms with van der Waals surface area (Å²) in [6.45, 7) is 0. The molecule has 1 fully saturated rings. The second-order valence-corrected chi connectivity index (χ2v) is 5.48. The van der Waals surface area contributed by atoms with Crippen LogP contribution in [-0.2, 0) is 4.89 Å². The molecule has 1 aliphatic rings. The highest BCUT2D eigenvalue weighted by Crippen LogP contribution is 2.29. The second-order valence-electron chi connectivity index (χ2n) is 3.24. The minimum Gasteiger partial charge on any atom is -0.251 e. The molecule has 0 aromatic carbocycles. The van der Waals surface area contributed by atoms with Crippen molar-refractivity contribution in [2.45, 2.75) is 47.9 Å². The SMILES string of the molecule is OOC1CCCCC[C@@H](Br)[C@@H]1Br. The molecule has 2 nitrogen and oxygen atoms in total. The van der Waals surface area contributed by atoms with Gasteiger partial charge in [-0.05, 0) is 12.8 Å². The second kappa shape index (κ2) is 5.58. The zero-order valence-electron chi connectivity index (χ0n) is 6.88. The summed E-state index contributed by atoms with van der Waals surface area (Å²) in [6.07, 6.45) is 5.67. The minimum atomic E-state index is -0.0605. The average Bonchev–Trinajstić information content (AvgIpc) is 2.07. The van der Waals surface area contributed by atoms with E-state index >= 15 is 0 Å². The van der Waals surface area contributed by atoms with E-state index in [2.05, 4.69) is 36.7 Å². The third-order valence-electron chi connectivity index (χ3n) is 2.30. The zero-order valence-corrected chi connectivity index (χ0v) is 10.1. The van der Waals surface area contributed by atoms with Gasteiger partial charge in [-0.15, -0.1) is 0 Å². The van der Waals surface area contributed by atoms with Crippen LogP contribution in [0.1, 0.15) is 32.1 Å². The first kappa shape index (κ1) is 11.0. The Bertz CT molecular complexity index is 132. The lowest BCUT2D eigenvalue weighted by atomic mass is 9.98. The summed E-state index contributed by atoms with van der Waals surface area (Å²) in [5, 5.41) is 8.65. The van der Waals surface area contributed by atoms with Gasteiger partial charge in [-0.1, -0.05) is 51.1 Å². The van der Waals surface area contributed by atoms with E-state index in [4.69, 9.17) is 5.26 Å². The van der Waals surface area contributed by atoms with Crippen LogP contribution in [0.25, 0.3) is 0 Å². The fourth-order valence-electron chi connectivity index (χ4n) is 1.52. The Morgan fingerprint density at radius 1 is 1.08 bits per heavy atom. The average molecular weight is 302 g/mol. The first-order valence-electron chi connectivity index (χ1n) is 4.34. The zero-order chi connectivity index (χ0) is 8.97. The maximum Gasteiger partial charge on any atom is 0.106 e. The van der Waals surface area contributed by atoms with Crippen LogP contribution in [0.5, 0.6) is 0 Å². The molecule has 0 spiro atoms. The maximum absolute atomic E-state index is 8.65. The van der Waals surface area contributed by atoms with Crippen molar-refractivity contribution in [3.63, 3.8) is 0 Å². The predicted octanol–water partition coefficient (Wildman–Crippen LogP) is 3.34. The molecular formula is C8H14Br2O2. The standard InChI is InChI=1S/C8H14Br2O2/c9-6-4-2-1-3-5-7(12-11)8(6)10/h6-8,11H,1-5H2/t6-,7?,8+/m1/s1. The van der Waals surface area contributed by atoms with E-state index in [1.807, 2.05) is 0 Å². The van der Waals surface area contributed by atoms with Gasteiger partial charge in [0.2, 0.25) is 0 Å². The van der Waals surface area contributed by atoms with Crippen molar-refractivity contribution in [3.8, 4) is 0 Å². The quantitative estimate of drug-likeness (QED) is 0.457. The van der Waals surface area contributed by atoms with Gasteiger partial charge in [0.25, 0.3) is 0 Å². The van der Waals surface area contributed by atoms with E-state index in [1.54, 1.807) is 0 Å². The van der Waals surface area contributed by atoms with E-state index < -0.39 is 0 Å². The summed E-state index contributed by atoms with van der Waals surface area (Å²) in [6, 6.07) is 0. The highest BCUT2D eigenvalue weighted by molar-refractivity contribution is 9.12. The molecule has 72 valence electrons. The van der Waals surface area contributed by atoms with Crippen LogP contribution in [0.2, 0.25) is 0 Å². The number of rotatable bonds is 1. The molecule has 1 saturated carbocycles. The number of hydrogen-bond acceptors (Lipinski definition) is 2. The van der Waals surface area contributed by atoms with Gasteiger partial charge in [-0.2, -0.15) is 0 Å². The number of hydrogen-bond donors (Lipinski definition) is 1. The van der Waals surface area contributed by atoms with Gasteiger partial charge in [0, 0.05) is 4.83 Å². The van der Waals surface area contributed by atoms with Gasteiger partial charge in [0.15, 0.2) is 0 Å². The minimum absolute atomic E-state index is 0.0605. The Balaban J connectivity index is 2.47. The van der Waals surface area contributed by atoms with Gasteiger partial charge in [-0.25, -0.2) is 4.89 Å². The van der Waals surface area contributed by atoms with Crippen molar-refractivity contribution in [2.24, 2.45) is 0 Å². The normalized spacial score (nSPS) is 38.8. The summed E-state index contributed by atoms with van der Waals surface area (Å²) in [5.41, 5.74) is 0. The highest BCUT2D eigenvalue weighted by atomic mass is 79.9. The number of halogens is 2. The van der Waals surface area contributed by atoms with Crippen LogP contribution in [0, 0.1) is 0 Å². The van der Waals surface area contributed by atoms with Crippen LogP contribution in [0.3, 0.4) is 0 Å². The van der Waals surface area contributed by atoms with Crippen molar-refractivity contribution in [3.05, 3.63) is 0 Å². The molecule has 1 N–H and O–H groups in total. The van der Waals surface area contributed by atoms with Crippen LogP contribution in [0.4, 0.5) is 0 Å². The third kappa shape index (κ3) is 2.98. The Hall–Kier alpha value is 0.880. The molecule has 0 saturated heterocycles. The van der Waals surface area contributed by atoms with E-state index in [1.165, 1.54) is 12.8 Å². The topological polar surface area (TPSA) is 29.5 Å². The van der Waals surface area contributed by atoms with Crippen molar-refractivity contribution in [2.75, 3.05) is 0 Å². The molecule has 0 radical (unpaired) electrons. The van der Waals surface area contributed by atoms with E-state index in [-0.39, 0.29) is 10.9 Å². The molecule has 3 atom stereocenters. The molecule has 12 heavy (non-hydrogen) atoms. The molecule has 0 heterocycles. The van der Waals surface area contributed by atoms with E-state index in [9.17, 15) is 0 Å². The van der Waals surface area contributed by atoms with Gasteiger partial charge >= 0.3 is 0 Å². The van der Waals surface area contributed by atoms with Gasteiger partial charge in [-0.3, -0.25) is 5.26 Å². The third-order valence-corrected chi connectivity index (χ3v) is 5.27. The summed E-state index contributed by atoms with van der Waals surface area (Å²) in [7, 11) is 0. The Labute approximate surface area is 89.9 Å². The predicted molar refractivity (Wildman–Crippen MR) is 56.0 cm³/mol. The lowest BCUT2D eigenvalue weighted by Crippen LogP contribution is -2.31. The molecule has 0 aromatic heterocycles. The Morgan fingerprint density at radius 2 is 1.75 bits per heavy atom. The summed E-state index contributed by atoms with van der Waals surface area (Å²) in [4.78, 5) is 5.07. The molecule has 0 aliphatic heterocycles. The number of alkyl halides is 2. The van der Waals surface area contributed by atoms with Crippen LogP contribution >= 0.6 is 31.9 Å². The molecule has 0 bridgehead atoms. The first-order chi connectivity index (χ1) is 5.75.